The van der Waals surface area contributed by atoms with Gasteiger partial charge in [0.25, 0.3) is 5.91 Å². The van der Waals surface area contributed by atoms with Crippen molar-refractivity contribution in [3.8, 4) is 0 Å². The second-order valence-electron chi connectivity index (χ2n) is 6.70. The third-order valence-electron chi connectivity index (χ3n) is 4.82. The van der Waals surface area contributed by atoms with Crippen molar-refractivity contribution in [2.45, 2.75) is 27.3 Å². The molecular weight excluding hydrogens is 402 g/mol. The van der Waals surface area contributed by atoms with Gasteiger partial charge < -0.3 is 14.8 Å². The molecule has 3 heterocycles. The summed E-state index contributed by atoms with van der Waals surface area (Å²) in [6.07, 6.45) is 3.77. The topological polar surface area (TPSA) is 63.1 Å². The first kappa shape index (κ1) is 19.6. The van der Waals surface area contributed by atoms with Gasteiger partial charge in [-0.3, -0.25) is 4.79 Å². The summed E-state index contributed by atoms with van der Waals surface area (Å²) >= 11 is 3.08. The molecule has 150 valence electrons. The van der Waals surface area contributed by atoms with Crippen LogP contribution in [0.25, 0.3) is 9.53 Å². The van der Waals surface area contributed by atoms with Gasteiger partial charge in [0, 0.05) is 37.7 Å². The molecule has 0 radical (unpaired) electrons. The van der Waals surface area contributed by atoms with Crippen LogP contribution in [0.1, 0.15) is 34.9 Å². The van der Waals surface area contributed by atoms with E-state index in [-0.39, 0.29) is 5.91 Å². The SMILES string of the molecule is CCN(CC)c1nc2sc(C(=O)Nc3ccc(Cn4ccnc4C)cc3)cc2s1. The number of amides is 1. The Hall–Kier alpha value is -2.71. The minimum atomic E-state index is -0.0946. The number of rotatable bonds is 7. The predicted molar refractivity (Wildman–Crippen MR) is 122 cm³/mol. The van der Waals surface area contributed by atoms with Gasteiger partial charge in [-0.2, -0.15) is 0 Å². The molecule has 8 heteroatoms. The third-order valence-corrected chi connectivity index (χ3v) is 7.04. The van der Waals surface area contributed by atoms with Gasteiger partial charge in [0.05, 0.1) is 9.58 Å². The van der Waals surface area contributed by atoms with Crippen molar-refractivity contribution in [3.63, 3.8) is 0 Å². The normalized spacial score (nSPS) is 11.1. The Balaban J connectivity index is 1.43. The first-order valence-electron chi connectivity index (χ1n) is 9.60. The lowest BCUT2D eigenvalue weighted by atomic mass is 10.2. The van der Waals surface area contributed by atoms with E-state index in [1.54, 1.807) is 17.5 Å². The molecule has 0 aliphatic rings. The molecule has 0 fully saturated rings. The quantitative estimate of drug-likeness (QED) is 0.452. The van der Waals surface area contributed by atoms with Gasteiger partial charge in [0.2, 0.25) is 0 Å². The molecule has 29 heavy (non-hydrogen) atoms. The predicted octanol–water partition coefficient (Wildman–Crippen LogP) is 5.01. The van der Waals surface area contributed by atoms with E-state index in [0.29, 0.717) is 4.88 Å². The Bertz CT molecular complexity index is 1090. The average Bonchev–Trinajstić information content (AvgIpc) is 3.40. The zero-order chi connectivity index (χ0) is 20.4. The van der Waals surface area contributed by atoms with Gasteiger partial charge >= 0.3 is 0 Å². The maximum atomic E-state index is 12.7. The fraction of sp³-hybridized carbons (Fsp3) is 0.286. The molecule has 0 atom stereocenters. The van der Waals surface area contributed by atoms with E-state index < -0.39 is 0 Å². The maximum absolute atomic E-state index is 12.7. The molecule has 0 aliphatic heterocycles. The Morgan fingerprint density at radius 2 is 1.93 bits per heavy atom. The number of thiophene rings is 1. The molecule has 1 aromatic carbocycles. The number of benzene rings is 1. The van der Waals surface area contributed by atoms with Crippen molar-refractivity contribution in [1.29, 1.82) is 0 Å². The highest BCUT2D eigenvalue weighted by Crippen LogP contribution is 2.34. The van der Waals surface area contributed by atoms with Crippen molar-refractivity contribution >= 4 is 48.9 Å². The zero-order valence-corrected chi connectivity index (χ0v) is 18.3. The number of nitrogens with one attached hydrogen (secondary N) is 1. The van der Waals surface area contributed by atoms with E-state index in [0.717, 1.165) is 51.4 Å². The molecule has 4 aromatic rings. The van der Waals surface area contributed by atoms with Crippen LogP contribution < -0.4 is 10.2 Å². The largest absolute Gasteiger partial charge is 0.349 e. The van der Waals surface area contributed by atoms with Gasteiger partial charge in [-0.05, 0) is 44.5 Å². The van der Waals surface area contributed by atoms with Gasteiger partial charge in [-0.1, -0.05) is 23.5 Å². The number of aryl methyl sites for hydroxylation is 1. The first-order chi connectivity index (χ1) is 14.1. The number of aromatic nitrogens is 3. The molecule has 0 bridgehead atoms. The lowest BCUT2D eigenvalue weighted by molar-refractivity contribution is 0.103. The van der Waals surface area contributed by atoms with Crippen molar-refractivity contribution in [3.05, 3.63) is 59.0 Å². The van der Waals surface area contributed by atoms with E-state index in [4.69, 9.17) is 4.98 Å². The molecular formula is C21H23N5OS2. The zero-order valence-electron chi connectivity index (χ0n) is 16.7. The van der Waals surface area contributed by atoms with E-state index in [2.05, 4.69) is 33.6 Å². The third kappa shape index (κ3) is 4.18. The summed E-state index contributed by atoms with van der Waals surface area (Å²) in [5.41, 5.74) is 1.95. The van der Waals surface area contributed by atoms with E-state index in [1.165, 1.54) is 11.3 Å². The molecule has 0 saturated carbocycles. The van der Waals surface area contributed by atoms with Crippen LogP contribution in [0.3, 0.4) is 0 Å². The minimum absolute atomic E-state index is 0.0946. The van der Waals surface area contributed by atoms with E-state index in [9.17, 15) is 4.79 Å². The van der Waals surface area contributed by atoms with Crippen LogP contribution in [-0.2, 0) is 6.54 Å². The Morgan fingerprint density at radius 1 is 1.17 bits per heavy atom. The minimum Gasteiger partial charge on any atom is -0.349 e. The molecule has 4 rings (SSSR count). The number of hydrogen-bond donors (Lipinski definition) is 1. The number of anilines is 2. The molecule has 0 spiro atoms. The number of carbonyl (C=O) groups excluding carboxylic acids is 1. The molecule has 6 nitrogen and oxygen atoms in total. The van der Waals surface area contributed by atoms with Crippen molar-refractivity contribution < 1.29 is 4.79 Å². The second kappa shape index (κ2) is 8.34. The van der Waals surface area contributed by atoms with E-state index >= 15 is 0 Å². The number of thiazole rings is 1. The Labute approximate surface area is 177 Å². The Morgan fingerprint density at radius 3 is 2.55 bits per heavy atom. The number of fused-ring (bicyclic) bond motifs is 1. The highest BCUT2D eigenvalue weighted by atomic mass is 32.1. The molecule has 1 amide bonds. The average molecular weight is 426 g/mol. The lowest BCUT2D eigenvalue weighted by Crippen LogP contribution is -2.21. The number of hydrogen-bond acceptors (Lipinski definition) is 6. The smallest absolute Gasteiger partial charge is 0.265 e. The van der Waals surface area contributed by atoms with E-state index in [1.807, 2.05) is 43.5 Å². The van der Waals surface area contributed by atoms with Crippen molar-refractivity contribution in [1.82, 2.24) is 14.5 Å². The van der Waals surface area contributed by atoms with Gasteiger partial charge in [0.1, 0.15) is 10.7 Å². The van der Waals surface area contributed by atoms with Gasteiger partial charge in [0.15, 0.2) is 5.13 Å². The molecule has 0 aliphatic carbocycles. The lowest BCUT2D eigenvalue weighted by Gasteiger charge is -2.16. The monoisotopic (exact) mass is 425 g/mol. The molecule has 3 aromatic heterocycles. The van der Waals surface area contributed by atoms with Crippen LogP contribution in [0.5, 0.6) is 0 Å². The summed E-state index contributed by atoms with van der Waals surface area (Å²) in [6, 6.07) is 9.87. The van der Waals surface area contributed by atoms with Gasteiger partial charge in [-0.15, -0.1) is 11.3 Å². The van der Waals surface area contributed by atoms with Gasteiger partial charge in [-0.25, -0.2) is 9.97 Å². The molecule has 0 unspecified atom stereocenters. The van der Waals surface area contributed by atoms with Crippen LogP contribution in [0.4, 0.5) is 10.8 Å². The van der Waals surface area contributed by atoms with Crippen molar-refractivity contribution in [2.24, 2.45) is 0 Å². The first-order valence-corrected chi connectivity index (χ1v) is 11.2. The summed E-state index contributed by atoms with van der Waals surface area (Å²) in [5, 5.41) is 4.01. The summed E-state index contributed by atoms with van der Waals surface area (Å²) in [6.45, 7) is 8.86. The Kier molecular flexibility index (Phi) is 5.64. The van der Waals surface area contributed by atoms with Crippen LogP contribution in [-0.4, -0.2) is 33.5 Å². The fourth-order valence-corrected chi connectivity index (χ4v) is 5.35. The maximum Gasteiger partial charge on any atom is 0.265 e. The van der Waals surface area contributed by atoms with Crippen LogP contribution in [0, 0.1) is 6.92 Å². The van der Waals surface area contributed by atoms with Crippen LogP contribution in [0.15, 0.2) is 42.7 Å². The van der Waals surface area contributed by atoms with Crippen molar-refractivity contribution in [2.75, 3.05) is 23.3 Å². The fourth-order valence-electron chi connectivity index (χ4n) is 3.12. The summed E-state index contributed by atoms with van der Waals surface area (Å²) in [5.74, 6) is 0.889. The standard InChI is InChI=1S/C21H23N5OS2/c1-4-25(5-2)21-24-20-18(29-21)12-17(28-20)19(27)23-16-8-6-15(7-9-16)13-26-11-10-22-14(26)3/h6-12H,4-5,13H2,1-3H3,(H,23,27). The number of imidazole rings is 1. The summed E-state index contributed by atoms with van der Waals surface area (Å²) in [4.78, 5) is 25.4. The second-order valence-corrected chi connectivity index (χ2v) is 8.74. The highest BCUT2D eigenvalue weighted by Gasteiger charge is 2.16. The highest BCUT2D eigenvalue weighted by molar-refractivity contribution is 7.29. The van der Waals surface area contributed by atoms with Crippen LogP contribution >= 0.6 is 22.7 Å². The molecule has 0 saturated heterocycles. The summed E-state index contributed by atoms with van der Waals surface area (Å²) in [7, 11) is 0. The molecule has 1 N–H and O–H groups in total. The summed E-state index contributed by atoms with van der Waals surface area (Å²) < 4.78 is 3.15. The number of nitrogens with zero attached hydrogens (tertiary/aromatic N) is 4. The number of carbonyl (C=O) groups is 1. The van der Waals surface area contributed by atoms with Crippen LogP contribution in [0.2, 0.25) is 0 Å².